The second-order valence-corrected chi connectivity index (χ2v) is 7.61. The van der Waals surface area contributed by atoms with Crippen LogP contribution in [0.2, 0.25) is 0 Å². The van der Waals surface area contributed by atoms with Crippen LogP contribution in [0.5, 0.6) is 0 Å². The topological polar surface area (TPSA) is 64.7 Å². The minimum Gasteiger partial charge on any atom is -0.339 e. The number of carbonyl (C=O) groups is 2. The Balaban J connectivity index is 1.53. The third-order valence-electron chi connectivity index (χ3n) is 4.15. The summed E-state index contributed by atoms with van der Waals surface area (Å²) in [6.07, 6.45) is 0.872. The average molecular weight is 330 g/mol. The molecule has 3 rings (SSSR count). The van der Waals surface area contributed by atoms with E-state index in [-0.39, 0.29) is 23.9 Å². The summed E-state index contributed by atoms with van der Waals surface area (Å²) in [7, 11) is 0. The van der Waals surface area contributed by atoms with Crippen molar-refractivity contribution in [1.82, 2.24) is 20.4 Å². The molecule has 3 heterocycles. The number of nitrogens with one attached hydrogen (secondary N) is 2. The molecule has 3 aliphatic rings. The maximum absolute atomic E-state index is 12.4. The summed E-state index contributed by atoms with van der Waals surface area (Å²) in [6, 6.07) is -0.0738. The average Bonchev–Trinajstić information content (AvgIpc) is 3.15. The maximum atomic E-state index is 12.4. The van der Waals surface area contributed by atoms with Crippen molar-refractivity contribution in [3.8, 4) is 0 Å². The van der Waals surface area contributed by atoms with Gasteiger partial charge in [0.05, 0.1) is 12.1 Å². The van der Waals surface area contributed by atoms with E-state index in [0.29, 0.717) is 13.1 Å². The van der Waals surface area contributed by atoms with Crippen LogP contribution in [0.3, 0.4) is 0 Å². The SMILES string of the molecule is O=C(C1CSCN1)N1CCCN(C(=O)C2CSCN2)CC1. The number of rotatable bonds is 2. The van der Waals surface area contributed by atoms with Crippen LogP contribution in [0.4, 0.5) is 0 Å². The first-order valence-corrected chi connectivity index (χ1v) is 9.76. The summed E-state index contributed by atoms with van der Waals surface area (Å²) in [5, 5.41) is 6.46. The number of thioether (sulfide) groups is 2. The highest BCUT2D eigenvalue weighted by atomic mass is 32.2. The van der Waals surface area contributed by atoms with E-state index >= 15 is 0 Å². The molecule has 8 heteroatoms. The Hall–Kier alpha value is -0.440. The fourth-order valence-corrected chi connectivity index (χ4v) is 4.77. The van der Waals surface area contributed by atoms with Crippen LogP contribution in [0.25, 0.3) is 0 Å². The van der Waals surface area contributed by atoms with Gasteiger partial charge < -0.3 is 9.80 Å². The molecule has 0 spiro atoms. The number of hydrogen-bond acceptors (Lipinski definition) is 6. The van der Waals surface area contributed by atoms with Crippen molar-refractivity contribution in [3.63, 3.8) is 0 Å². The third-order valence-corrected chi connectivity index (χ3v) is 6.03. The molecule has 3 aliphatic heterocycles. The van der Waals surface area contributed by atoms with Gasteiger partial charge in [0.15, 0.2) is 0 Å². The molecule has 2 atom stereocenters. The quantitative estimate of drug-likeness (QED) is 0.703. The standard InChI is InChI=1S/C13H22N4O2S2/c18-12(10-6-20-8-14-10)16-2-1-3-17(5-4-16)13(19)11-7-21-9-15-11/h10-11,14-15H,1-9H2. The summed E-state index contributed by atoms with van der Waals surface area (Å²) < 4.78 is 0. The lowest BCUT2D eigenvalue weighted by Gasteiger charge is -2.25. The fourth-order valence-electron chi connectivity index (χ4n) is 2.91. The van der Waals surface area contributed by atoms with Gasteiger partial charge in [0.2, 0.25) is 11.8 Å². The molecule has 2 unspecified atom stereocenters. The van der Waals surface area contributed by atoms with Crippen LogP contribution in [-0.2, 0) is 9.59 Å². The molecule has 0 aromatic heterocycles. The molecule has 118 valence electrons. The first kappa shape index (κ1) is 15.5. The van der Waals surface area contributed by atoms with Crippen molar-refractivity contribution in [3.05, 3.63) is 0 Å². The number of nitrogens with zero attached hydrogens (tertiary/aromatic N) is 2. The molecule has 0 aromatic carbocycles. The van der Waals surface area contributed by atoms with Crippen molar-refractivity contribution in [2.75, 3.05) is 49.4 Å². The van der Waals surface area contributed by atoms with Gasteiger partial charge in [-0.1, -0.05) is 0 Å². The van der Waals surface area contributed by atoms with Crippen molar-refractivity contribution < 1.29 is 9.59 Å². The highest BCUT2D eigenvalue weighted by Crippen LogP contribution is 2.16. The predicted octanol–water partition coefficient (Wildman–Crippen LogP) is -0.628. The Morgan fingerprint density at radius 3 is 1.67 bits per heavy atom. The zero-order valence-electron chi connectivity index (χ0n) is 12.0. The van der Waals surface area contributed by atoms with E-state index in [9.17, 15) is 9.59 Å². The minimum atomic E-state index is -0.0369. The van der Waals surface area contributed by atoms with Gasteiger partial charge >= 0.3 is 0 Å². The van der Waals surface area contributed by atoms with Crippen molar-refractivity contribution in [2.24, 2.45) is 0 Å². The van der Waals surface area contributed by atoms with Crippen LogP contribution in [0.15, 0.2) is 0 Å². The molecule has 0 bridgehead atoms. The first-order valence-electron chi connectivity index (χ1n) is 7.45. The second-order valence-electron chi connectivity index (χ2n) is 5.55. The van der Waals surface area contributed by atoms with Gasteiger partial charge in [-0.3, -0.25) is 20.2 Å². The Morgan fingerprint density at radius 2 is 1.29 bits per heavy atom. The monoisotopic (exact) mass is 330 g/mol. The lowest BCUT2D eigenvalue weighted by molar-refractivity contribution is -0.135. The minimum absolute atomic E-state index is 0.0369. The van der Waals surface area contributed by atoms with Gasteiger partial charge in [-0.2, -0.15) is 0 Å². The Kier molecular flexibility index (Phi) is 5.31. The van der Waals surface area contributed by atoms with Gasteiger partial charge in [-0.15, -0.1) is 23.5 Å². The summed E-state index contributed by atoms with van der Waals surface area (Å²) in [5.41, 5.74) is 0. The van der Waals surface area contributed by atoms with E-state index in [4.69, 9.17) is 0 Å². The zero-order chi connectivity index (χ0) is 14.7. The normalized spacial score (nSPS) is 30.5. The molecule has 3 saturated heterocycles. The van der Waals surface area contributed by atoms with E-state index in [1.54, 1.807) is 23.5 Å². The summed E-state index contributed by atoms with van der Waals surface area (Å²) in [5.74, 6) is 3.84. The maximum Gasteiger partial charge on any atom is 0.240 e. The third kappa shape index (κ3) is 3.67. The van der Waals surface area contributed by atoms with Gasteiger partial charge in [-0.05, 0) is 6.42 Å². The molecule has 0 radical (unpaired) electrons. The molecule has 0 saturated carbocycles. The molecule has 2 N–H and O–H groups in total. The van der Waals surface area contributed by atoms with Gasteiger partial charge in [-0.25, -0.2) is 0 Å². The zero-order valence-corrected chi connectivity index (χ0v) is 13.7. The lowest BCUT2D eigenvalue weighted by atomic mass is 10.2. The van der Waals surface area contributed by atoms with Crippen LogP contribution in [0, 0.1) is 0 Å². The fraction of sp³-hybridized carbons (Fsp3) is 0.846. The Morgan fingerprint density at radius 1 is 0.810 bits per heavy atom. The highest BCUT2D eigenvalue weighted by molar-refractivity contribution is 7.99. The second kappa shape index (κ2) is 7.21. The summed E-state index contributed by atoms with van der Waals surface area (Å²) in [6.45, 7) is 2.84. The largest absolute Gasteiger partial charge is 0.339 e. The Bertz CT molecular complexity index is 362. The van der Waals surface area contributed by atoms with E-state index in [2.05, 4.69) is 10.6 Å². The van der Waals surface area contributed by atoms with Crippen LogP contribution in [0.1, 0.15) is 6.42 Å². The molecular weight excluding hydrogens is 308 g/mol. The smallest absolute Gasteiger partial charge is 0.240 e. The molecule has 6 nitrogen and oxygen atoms in total. The van der Waals surface area contributed by atoms with Crippen LogP contribution in [-0.4, -0.2) is 83.1 Å². The molecule has 2 amide bonds. The number of hydrogen-bond donors (Lipinski definition) is 2. The lowest BCUT2D eigenvalue weighted by Crippen LogP contribution is -2.48. The van der Waals surface area contributed by atoms with E-state index < -0.39 is 0 Å². The van der Waals surface area contributed by atoms with E-state index in [1.807, 2.05) is 9.80 Å². The molecule has 0 aromatic rings. The van der Waals surface area contributed by atoms with E-state index in [1.165, 1.54) is 0 Å². The van der Waals surface area contributed by atoms with Crippen molar-refractivity contribution in [2.45, 2.75) is 18.5 Å². The molecule has 0 aliphatic carbocycles. The van der Waals surface area contributed by atoms with E-state index in [0.717, 1.165) is 42.8 Å². The summed E-state index contributed by atoms with van der Waals surface area (Å²) >= 11 is 3.54. The van der Waals surface area contributed by atoms with Crippen LogP contribution < -0.4 is 10.6 Å². The van der Waals surface area contributed by atoms with Crippen LogP contribution >= 0.6 is 23.5 Å². The number of amides is 2. The molecular formula is C13H22N4O2S2. The van der Waals surface area contributed by atoms with Crippen molar-refractivity contribution >= 4 is 35.3 Å². The van der Waals surface area contributed by atoms with Crippen molar-refractivity contribution in [1.29, 1.82) is 0 Å². The van der Waals surface area contributed by atoms with Gasteiger partial charge in [0.1, 0.15) is 0 Å². The predicted molar refractivity (Wildman–Crippen MR) is 86.3 cm³/mol. The highest BCUT2D eigenvalue weighted by Gasteiger charge is 2.31. The summed E-state index contributed by atoms with van der Waals surface area (Å²) in [4.78, 5) is 28.7. The van der Waals surface area contributed by atoms with Gasteiger partial charge in [0.25, 0.3) is 0 Å². The first-order chi connectivity index (χ1) is 10.3. The molecule has 21 heavy (non-hydrogen) atoms. The molecule has 3 fully saturated rings. The van der Waals surface area contributed by atoms with Gasteiger partial charge in [0, 0.05) is 49.4 Å². The Labute approximate surface area is 133 Å². The number of carbonyl (C=O) groups excluding carboxylic acids is 2.